The zero-order valence-electron chi connectivity index (χ0n) is 16.7. The first-order valence-electron chi connectivity index (χ1n) is 9.56. The summed E-state index contributed by atoms with van der Waals surface area (Å²) in [6, 6.07) is 11.3. The van der Waals surface area contributed by atoms with Crippen LogP contribution in [0.5, 0.6) is 0 Å². The van der Waals surface area contributed by atoms with Gasteiger partial charge < -0.3 is 5.32 Å². The molecule has 0 unspecified atom stereocenters. The van der Waals surface area contributed by atoms with Crippen molar-refractivity contribution in [3.05, 3.63) is 65.0 Å². The van der Waals surface area contributed by atoms with Gasteiger partial charge in [-0.25, -0.2) is 12.8 Å². The number of sulfonamides is 1. The molecule has 0 saturated carbocycles. The maximum atomic E-state index is 12.9. The van der Waals surface area contributed by atoms with Gasteiger partial charge in [-0.05, 0) is 43.2 Å². The summed E-state index contributed by atoms with van der Waals surface area (Å²) in [6.07, 6.45) is 0. The Balaban J connectivity index is 1.50. The van der Waals surface area contributed by atoms with Gasteiger partial charge in [-0.3, -0.25) is 9.69 Å². The number of carbonyl (C=O) groups is 1. The van der Waals surface area contributed by atoms with Crippen molar-refractivity contribution >= 4 is 15.9 Å². The number of nitrogens with one attached hydrogen (secondary N) is 1. The van der Waals surface area contributed by atoms with Crippen LogP contribution in [-0.2, 0) is 21.4 Å². The van der Waals surface area contributed by atoms with Crippen LogP contribution in [0.15, 0.2) is 47.4 Å². The van der Waals surface area contributed by atoms with Crippen molar-refractivity contribution in [2.24, 2.45) is 0 Å². The molecule has 1 fully saturated rings. The summed E-state index contributed by atoms with van der Waals surface area (Å²) in [5, 5.41) is 2.81. The fourth-order valence-electron chi connectivity index (χ4n) is 3.42. The summed E-state index contributed by atoms with van der Waals surface area (Å²) in [7, 11) is -3.54. The molecule has 1 N–H and O–H groups in total. The smallest absolute Gasteiger partial charge is 0.243 e. The molecule has 2 aromatic carbocycles. The van der Waals surface area contributed by atoms with E-state index in [0.717, 1.165) is 16.7 Å². The summed E-state index contributed by atoms with van der Waals surface area (Å²) in [6.45, 7) is 5.97. The second kappa shape index (κ2) is 9.02. The van der Waals surface area contributed by atoms with Crippen molar-refractivity contribution < 1.29 is 17.6 Å². The molecule has 0 aliphatic carbocycles. The topological polar surface area (TPSA) is 69.7 Å². The van der Waals surface area contributed by atoms with E-state index in [2.05, 4.69) is 5.32 Å². The van der Waals surface area contributed by atoms with Crippen molar-refractivity contribution in [2.45, 2.75) is 25.3 Å². The summed E-state index contributed by atoms with van der Waals surface area (Å²) in [5.74, 6) is -0.450. The van der Waals surface area contributed by atoms with Crippen LogP contribution >= 0.6 is 0 Å². The molecule has 0 radical (unpaired) electrons. The molecule has 156 valence electrons. The maximum Gasteiger partial charge on any atom is 0.243 e. The molecule has 0 atom stereocenters. The first-order valence-corrected chi connectivity index (χ1v) is 11.0. The number of halogens is 1. The van der Waals surface area contributed by atoms with Gasteiger partial charge in [-0.15, -0.1) is 0 Å². The van der Waals surface area contributed by atoms with Crippen molar-refractivity contribution in [3.63, 3.8) is 0 Å². The average Bonchev–Trinajstić information content (AvgIpc) is 2.67. The third kappa shape index (κ3) is 5.41. The van der Waals surface area contributed by atoms with Crippen molar-refractivity contribution in [1.82, 2.24) is 14.5 Å². The molecule has 0 aromatic heterocycles. The molecule has 1 aliphatic heterocycles. The summed E-state index contributed by atoms with van der Waals surface area (Å²) in [5.41, 5.74) is 2.59. The zero-order valence-corrected chi connectivity index (χ0v) is 17.5. The molecule has 2 aromatic rings. The van der Waals surface area contributed by atoms with Crippen LogP contribution < -0.4 is 5.32 Å². The lowest BCUT2D eigenvalue weighted by molar-refractivity contribution is -0.122. The van der Waals surface area contributed by atoms with Crippen molar-refractivity contribution in [3.8, 4) is 0 Å². The summed E-state index contributed by atoms with van der Waals surface area (Å²) in [4.78, 5) is 14.4. The molecule has 29 heavy (non-hydrogen) atoms. The van der Waals surface area contributed by atoms with E-state index in [4.69, 9.17) is 0 Å². The number of piperazine rings is 1. The number of hydrogen-bond acceptors (Lipinski definition) is 4. The van der Waals surface area contributed by atoms with Crippen molar-refractivity contribution in [2.75, 3.05) is 32.7 Å². The monoisotopic (exact) mass is 419 g/mol. The van der Waals surface area contributed by atoms with Gasteiger partial charge in [0.15, 0.2) is 0 Å². The Labute approximate surface area is 171 Å². The minimum absolute atomic E-state index is 0.139. The molecular weight excluding hydrogens is 393 g/mol. The van der Waals surface area contributed by atoms with Gasteiger partial charge in [0.1, 0.15) is 5.82 Å². The number of aryl methyl sites for hydroxylation is 2. The van der Waals surface area contributed by atoms with Crippen LogP contribution in [0.1, 0.15) is 16.7 Å². The molecular formula is C21H26FN3O3S. The van der Waals surface area contributed by atoms with E-state index in [1.165, 1.54) is 16.4 Å². The molecule has 6 nitrogen and oxygen atoms in total. The number of rotatable bonds is 6. The minimum Gasteiger partial charge on any atom is -0.351 e. The van der Waals surface area contributed by atoms with E-state index in [-0.39, 0.29) is 18.3 Å². The highest BCUT2D eigenvalue weighted by molar-refractivity contribution is 7.89. The second-order valence-corrected chi connectivity index (χ2v) is 9.26. The fourth-order valence-corrected chi connectivity index (χ4v) is 5.05. The predicted molar refractivity (Wildman–Crippen MR) is 109 cm³/mol. The van der Waals surface area contributed by atoms with Gasteiger partial charge >= 0.3 is 0 Å². The molecule has 0 spiro atoms. The normalized spacial score (nSPS) is 16.0. The number of hydrogen-bond donors (Lipinski definition) is 1. The Kier molecular flexibility index (Phi) is 6.66. The molecule has 3 rings (SSSR count). The molecule has 1 heterocycles. The van der Waals surface area contributed by atoms with Gasteiger partial charge in [0.25, 0.3) is 0 Å². The largest absolute Gasteiger partial charge is 0.351 e. The van der Waals surface area contributed by atoms with Gasteiger partial charge in [0.2, 0.25) is 15.9 Å². The number of amides is 1. The van der Waals surface area contributed by atoms with E-state index >= 15 is 0 Å². The number of carbonyl (C=O) groups excluding carboxylic acids is 1. The zero-order chi connectivity index (χ0) is 21.0. The van der Waals surface area contributed by atoms with Crippen LogP contribution in [0.4, 0.5) is 4.39 Å². The molecule has 0 bridgehead atoms. The fraction of sp³-hybridized carbons (Fsp3) is 0.381. The number of benzene rings is 2. The van der Waals surface area contributed by atoms with E-state index in [1.807, 2.05) is 30.9 Å². The van der Waals surface area contributed by atoms with Gasteiger partial charge in [0.05, 0.1) is 11.4 Å². The van der Waals surface area contributed by atoms with Crippen LogP contribution in [0.3, 0.4) is 0 Å². The van der Waals surface area contributed by atoms with Gasteiger partial charge in [-0.1, -0.05) is 29.8 Å². The molecule has 1 saturated heterocycles. The lowest BCUT2D eigenvalue weighted by Gasteiger charge is -2.33. The van der Waals surface area contributed by atoms with Crippen LogP contribution in [0.2, 0.25) is 0 Å². The minimum atomic E-state index is -3.54. The molecule has 1 amide bonds. The third-order valence-electron chi connectivity index (χ3n) is 5.05. The summed E-state index contributed by atoms with van der Waals surface area (Å²) >= 11 is 0. The molecule has 8 heteroatoms. The first-order chi connectivity index (χ1) is 13.8. The Morgan fingerprint density at radius 3 is 2.31 bits per heavy atom. The highest BCUT2D eigenvalue weighted by Crippen LogP contribution is 2.22. The predicted octanol–water partition coefficient (Wildman–Crippen LogP) is 2.07. The van der Waals surface area contributed by atoms with E-state index in [0.29, 0.717) is 37.6 Å². The lowest BCUT2D eigenvalue weighted by Crippen LogP contribution is -2.51. The summed E-state index contributed by atoms with van der Waals surface area (Å²) < 4.78 is 40.3. The Hall–Kier alpha value is -2.29. The van der Waals surface area contributed by atoms with Gasteiger partial charge in [-0.2, -0.15) is 4.31 Å². The first kappa shape index (κ1) is 21.4. The lowest BCUT2D eigenvalue weighted by atomic mass is 10.2. The van der Waals surface area contributed by atoms with Crippen LogP contribution in [0.25, 0.3) is 0 Å². The van der Waals surface area contributed by atoms with E-state index < -0.39 is 10.0 Å². The maximum absolute atomic E-state index is 12.9. The second-order valence-electron chi connectivity index (χ2n) is 7.35. The quantitative estimate of drug-likeness (QED) is 0.778. The average molecular weight is 420 g/mol. The van der Waals surface area contributed by atoms with Crippen molar-refractivity contribution in [1.29, 1.82) is 0 Å². The number of nitrogens with zero attached hydrogens (tertiary/aromatic N) is 2. The highest BCUT2D eigenvalue weighted by Gasteiger charge is 2.30. The Bertz CT molecular complexity index is 969. The highest BCUT2D eigenvalue weighted by atomic mass is 32.2. The SMILES string of the molecule is Cc1ccc(S(=O)(=O)N2CCN(CC(=O)NCc3ccc(F)cc3)CC2)c(C)c1. The Morgan fingerprint density at radius 2 is 1.69 bits per heavy atom. The standard InChI is InChI=1S/C21H26FN3O3S/c1-16-3-8-20(17(2)13-16)29(27,28)25-11-9-24(10-12-25)15-21(26)23-14-18-4-6-19(22)7-5-18/h3-8,13H,9-12,14-15H2,1-2H3,(H,23,26). The van der Waals surface area contributed by atoms with Crippen LogP contribution in [-0.4, -0.2) is 56.3 Å². The van der Waals surface area contributed by atoms with Gasteiger partial charge in [0, 0.05) is 32.7 Å². The third-order valence-corrected chi connectivity index (χ3v) is 7.11. The van der Waals surface area contributed by atoms with E-state index in [9.17, 15) is 17.6 Å². The Morgan fingerprint density at radius 1 is 1.03 bits per heavy atom. The van der Waals surface area contributed by atoms with E-state index in [1.54, 1.807) is 18.2 Å². The molecule has 1 aliphatic rings. The van der Waals surface area contributed by atoms with Crippen LogP contribution in [0, 0.1) is 19.7 Å².